The average Bonchev–Trinajstić information content (AvgIpc) is 2.68. The van der Waals surface area contributed by atoms with Crippen LogP contribution in [0.25, 0.3) is 0 Å². The first-order valence-corrected chi connectivity index (χ1v) is 6.68. The third kappa shape index (κ3) is 3.50. The lowest BCUT2D eigenvalue weighted by molar-refractivity contribution is 0.137. The zero-order valence-electron chi connectivity index (χ0n) is 11.4. The van der Waals surface area contributed by atoms with Crippen LogP contribution in [0, 0.1) is 0 Å². The van der Waals surface area contributed by atoms with Crippen LogP contribution in [-0.4, -0.2) is 17.6 Å². The number of hydrazine groups is 1. The normalized spacial score (nSPS) is 15.0. The van der Waals surface area contributed by atoms with E-state index in [-0.39, 0.29) is 6.09 Å². The molecule has 0 aliphatic carbocycles. The minimum Gasteiger partial charge on any atom is -0.409 e. The number of hydrogen-bond donors (Lipinski definition) is 1. The zero-order valence-corrected chi connectivity index (χ0v) is 11.4. The SMILES string of the molecule is CC(C)c1ccccc1OC(=O)N1CCCC=CN1. The number of rotatable bonds is 2. The van der Waals surface area contributed by atoms with Crippen LogP contribution in [0.2, 0.25) is 0 Å². The topological polar surface area (TPSA) is 41.6 Å². The van der Waals surface area contributed by atoms with Gasteiger partial charge in [-0.15, -0.1) is 0 Å². The minimum absolute atomic E-state index is 0.320. The second-order valence-electron chi connectivity index (χ2n) is 4.89. The third-order valence-corrected chi connectivity index (χ3v) is 3.06. The van der Waals surface area contributed by atoms with Crippen LogP contribution in [0.15, 0.2) is 36.5 Å². The third-order valence-electron chi connectivity index (χ3n) is 3.06. The quantitative estimate of drug-likeness (QED) is 0.885. The number of hydrogen-bond acceptors (Lipinski definition) is 3. The monoisotopic (exact) mass is 260 g/mol. The number of carbonyl (C=O) groups is 1. The number of nitrogens with one attached hydrogen (secondary N) is 1. The average molecular weight is 260 g/mol. The molecule has 0 spiro atoms. The Hall–Kier alpha value is -1.97. The highest BCUT2D eigenvalue weighted by Crippen LogP contribution is 2.26. The lowest BCUT2D eigenvalue weighted by atomic mass is 10.0. The van der Waals surface area contributed by atoms with Crippen molar-refractivity contribution >= 4 is 6.09 Å². The molecule has 1 heterocycles. The second-order valence-corrected chi connectivity index (χ2v) is 4.89. The summed E-state index contributed by atoms with van der Waals surface area (Å²) in [6.07, 6.45) is 5.33. The fourth-order valence-corrected chi connectivity index (χ4v) is 2.00. The molecule has 0 fully saturated rings. The molecule has 0 atom stereocenters. The molecule has 1 aliphatic rings. The van der Waals surface area contributed by atoms with Crippen LogP contribution in [-0.2, 0) is 0 Å². The van der Waals surface area contributed by atoms with Crippen LogP contribution in [0.4, 0.5) is 4.79 Å². The van der Waals surface area contributed by atoms with Gasteiger partial charge in [0.1, 0.15) is 5.75 Å². The molecule has 1 amide bonds. The lowest BCUT2D eigenvalue weighted by Gasteiger charge is -2.21. The van der Waals surface area contributed by atoms with Gasteiger partial charge in [-0.3, -0.25) is 0 Å². The molecule has 0 radical (unpaired) electrons. The van der Waals surface area contributed by atoms with E-state index in [1.807, 2.05) is 30.3 Å². The van der Waals surface area contributed by atoms with E-state index in [1.54, 1.807) is 6.20 Å². The Morgan fingerprint density at radius 2 is 2.16 bits per heavy atom. The zero-order chi connectivity index (χ0) is 13.7. The summed E-state index contributed by atoms with van der Waals surface area (Å²) in [4.78, 5) is 12.1. The molecule has 1 aromatic rings. The number of ether oxygens (including phenoxy) is 1. The van der Waals surface area contributed by atoms with Crippen LogP contribution in [0.3, 0.4) is 0 Å². The molecular weight excluding hydrogens is 240 g/mol. The van der Waals surface area contributed by atoms with Gasteiger partial charge < -0.3 is 10.2 Å². The van der Waals surface area contributed by atoms with Gasteiger partial charge in [-0.05, 0) is 30.4 Å². The van der Waals surface area contributed by atoms with Crippen molar-refractivity contribution < 1.29 is 9.53 Å². The number of nitrogens with zero attached hydrogens (tertiary/aromatic N) is 1. The highest BCUT2D eigenvalue weighted by molar-refractivity contribution is 5.70. The maximum absolute atomic E-state index is 12.1. The van der Waals surface area contributed by atoms with Crippen LogP contribution in [0.1, 0.15) is 38.2 Å². The van der Waals surface area contributed by atoms with Crippen LogP contribution < -0.4 is 10.2 Å². The summed E-state index contributed by atoms with van der Waals surface area (Å²) in [5, 5.41) is 1.50. The van der Waals surface area contributed by atoms with Gasteiger partial charge in [0.05, 0.1) is 0 Å². The Bertz CT molecular complexity index is 469. The fourth-order valence-electron chi connectivity index (χ4n) is 2.00. The molecular formula is C15H20N2O2. The van der Waals surface area contributed by atoms with E-state index in [0.717, 1.165) is 18.4 Å². The molecule has 1 N–H and O–H groups in total. The number of benzene rings is 1. The Morgan fingerprint density at radius 3 is 2.95 bits per heavy atom. The molecule has 1 aromatic carbocycles. The predicted molar refractivity (Wildman–Crippen MR) is 74.8 cm³/mol. The van der Waals surface area contributed by atoms with Gasteiger partial charge in [-0.25, -0.2) is 9.80 Å². The number of carbonyl (C=O) groups excluding carboxylic acids is 1. The minimum atomic E-state index is -0.361. The summed E-state index contributed by atoms with van der Waals surface area (Å²) < 4.78 is 5.49. The molecule has 0 unspecified atom stereocenters. The molecule has 1 aliphatic heterocycles. The van der Waals surface area contributed by atoms with Crippen molar-refractivity contribution in [3.63, 3.8) is 0 Å². The maximum Gasteiger partial charge on any atom is 0.434 e. The van der Waals surface area contributed by atoms with Crippen LogP contribution in [0.5, 0.6) is 5.75 Å². The standard InChI is InChI=1S/C15H20N2O2/c1-12(2)13-8-4-5-9-14(13)19-15(18)17-11-7-3-6-10-16-17/h4-6,8-10,12,16H,3,7,11H2,1-2H3. The molecule has 0 saturated heterocycles. The molecule has 2 rings (SSSR count). The first-order chi connectivity index (χ1) is 9.18. The van der Waals surface area contributed by atoms with Crippen molar-refractivity contribution in [2.45, 2.75) is 32.6 Å². The highest BCUT2D eigenvalue weighted by Gasteiger charge is 2.17. The van der Waals surface area contributed by atoms with Gasteiger partial charge in [0.2, 0.25) is 0 Å². The van der Waals surface area contributed by atoms with Crippen molar-refractivity contribution in [2.24, 2.45) is 0 Å². The molecule has 4 nitrogen and oxygen atoms in total. The summed E-state index contributed by atoms with van der Waals surface area (Å²) >= 11 is 0. The van der Waals surface area contributed by atoms with Gasteiger partial charge in [0, 0.05) is 12.7 Å². The summed E-state index contributed by atoms with van der Waals surface area (Å²) in [6.45, 7) is 4.81. The summed E-state index contributed by atoms with van der Waals surface area (Å²) in [6, 6.07) is 7.66. The second kappa shape index (κ2) is 6.27. The molecule has 0 aromatic heterocycles. The molecule has 4 heteroatoms. The Labute approximate surface area is 114 Å². The van der Waals surface area contributed by atoms with Crippen molar-refractivity contribution in [1.29, 1.82) is 0 Å². The van der Waals surface area contributed by atoms with Gasteiger partial charge >= 0.3 is 6.09 Å². The molecule has 0 saturated carbocycles. The van der Waals surface area contributed by atoms with Crippen molar-refractivity contribution in [2.75, 3.05) is 6.54 Å². The molecule has 0 bridgehead atoms. The number of amides is 1. The summed E-state index contributed by atoms with van der Waals surface area (Å²) in [5.74, 6) is 0.957. The Morgan fingerprint density at radius 1 is 1.37 bits per heavy atom. The van der Waals surface area contributed by atoms with E-state index in [0.29, 0.717) is 18.2 Å². The number of allylic oxidation sites excluding steroid dienone is 1. The summed E-state index contributed by atoms with van der Waals surface area (Å²) in [5.41, 5.74) is 3.97. The summed E-state index contributed by atoms with van der Waals surface area (Å²) in [7, 11) is 0. The van der Waals surface area contributed by atoms with Crippen molar-refractivity contribution in [3.8, 4) is 5.75 Å². The van der Waals surface area contributed by atoms with Crippen LogP contribution >= 0.6 is 0 Å². The van der Waals surface area contributed by atoms with E-state index in [1.165, 1.54) is 5.01 Å². The lowest BCUT2D eigenvalue weighted by Crippen LogP contribution is -2.41. The van der Waals surface area contributed by atoms with Gasteiger partial charge in [0.15, 0.2) is 0 Å². The van der Waals surface area contributed by atoms with Gasteiger partial charge in [-0.2, -0.15) is 0 Å². The largest absolute Gasteiger partial charge is 0.434 e. The van der Waals surface area contributed by atoms with E-state index in [9.17, 15) is 4.79 Å². The van der Waals surface area contributed by atoms with E-state index >= 15 is 0 Å². The molecule has 102 valence electrons. The van der Waals surface area contributed by atoms with E-state index in [2.05, 4.69) is 19.3 Å². The van der Waals surface area contributed by atoms with Gasteiger partial charge in [-0.1, -0.05) is 38.1 Å². The van der Waals surface area contributed by atoms with Crippen molar-refractivity contribution in [1.82, 2.24) is 10.4 Å². The maximum atomic E-state index is 12.1. The van der Waals surface area contributed by atoms with E-state index in [4.69, 9.17) is 4.74 Å². The van der Waals surface area contributed by atoms with Crippen molar-refractivity contribution in [3.05, 3.63) is 42.1 Å². The predicted octanol–water partition coefficient (Wildman–Crippen LogP) is 3.42. The Kier molecular flexibility index (Phi) is 4.44. The Balaban J connectivity index is 2.08. The number of para-hydroxylation sites is 1. The molecule has 19 heavy (non-hydrogen) atoms. The van der Waals surface area contributed by atoms with Gasteiger partial charge in [0.25, 0.3) is 0 Å². The first-order valence-electron chi connectivity index (χ1n) is 6.68. The van der Waals surface area contributed by atoms with E-state index < -0.39 is 0 Å². The fraction of sp³-hybridized carbons (Fsp3) is 0.400. The first kappa shape index (κ1) is 13.5. The highest BCUT2D eigenvalue weighted by atomic mass is 16.6. The smallest absolute Gasteiger partial charge is 0.409 e.